The van der Waals surface area contributed by atoms with Crippen molar-refractivity contribution in [2.24, 2.45) is 0 Å². The number of nitrogens with zero attached hydrogens (tertiary/aromatic N) is 1. The SMILES string of the molecule is COC1CC(NC2CC(=O)N(C3CCCC3)C2=O)C1. The van der Waals surface area contributed by atoms with Crippen LogP contribution < -0.4 is 5.32 Å². The maximum atomic E-state index is 12.3. The van der Waals surface area contributed by atoms with Crippen LogP contribution in [-0.2, 0) is 14.3 Å². The van der Waals surface area contributed by atoms with Gasteiger partial charge in [0.15, 0.2) is 0 Å². The Morgan fingerprint density at radius 1 is 1.21 bits per heavy atom. The fourth-order valence-electron chi connectivity index (χ4n) is 3.51. The topological polar surface area (TPSA) is 58.6 Å². The summed E-state index contributed by atoms with van der Waals surface area (Å²) < 4.78 is 5.23. The molecule has 0 aromatic heterocycles. The smallest absolute Gasteiger partial charge is 0.247 e. The summed E-state index contributed by atoms with van der Waals surface area (Å²) >= 11 is 0. The minimum Gasteiger partial charge on any atom is -0.381 e. The van der Waals surface area contributed by atoms with E-state index in [-0.39, 0.29) is 23.9 Å². The molecule has 3 aliphatic rings. The van der Waals surface area contributed by atoms with E-state index < -0.39 is 0 Å². The monoisotopic (exact) mass is 266 g/mol. The van der Waals surface area contributed by atoms with Crippen LogP contribution in [0, 0.1) is 0 Å². The van der Waals surface area contributed by atoms with Crippen molar-refractivity contribution in [3.05, 3.63) is 0 Å². The molecule has 106 valence electrons. The molecule has 1 atom stereocenters. The molecule has 0 aromatic rings. The van der Waals surface area contributed by atoms with Gasteiger partial charge in [-0.25, -0.2) is 0 Å². The number of hydrogen-bond acceptors (Lipinski definition) is 4. The maximum absolute atomic E-state index is 12.3. The predicted octanol–water partition coefficient (Wildman–Crippen LogP) is 0.823. The third-order valence-corrected chi connectivity index (χ3v) is 4.74. The van der Waals surface area contributed by atoms with E-state index in [2.05, 4.69) is 5.32 Å². The first-order chi connectivity index (χ1) is 9.19. The summed E-state index contributed by atoms with van der Waals surface area (Å²) in [5.41, 5.74) is 0. The molecule has 19 heavy (non-hydrogen) atoms. The molecule has 2 aliphatic carbocycles. The molecule has 5 heteroatoms. The number of likely N-dealkylation sites (tertiary alicyclic amines) is 1. The molecule has 3 rings (SSSR count). The zero-order valence-corrected chi connectivity index (χ0v) is 11.4. The van der Waals surface area contributed by atoms with Crippen molar-refractivity contribution >= 4 is 11.8 Å². The third-order valence-electron chi connectivity index (χ3n) is 4.74. The van der Waals surface area contributed by atoms with Crippen LogP contribution in [0.15, 0.2) is 0 Å². The Morgan fingerprint density at radius 2 is 1.89 bits per heavy atom. The predicted molar refractivity (Wildman–Crippen MR) is 69.5 cm³/mol. The van der Waals surface area contributed by atoms with Crippen LogP contribution in [0.2, 0.25) is 0 Å². The van der Waals surface area contributed by atoms with Gasteiger partial charge in [-0.15, -0.1) is 0 Å². The van der Waals surface area contributed by atoms with Crippen molar-refractivity contribution in [1.29, 1.82) is 0 Å². The lowest BCUT2D eigenvalue weighted by Gasteiger charge is -2.36. The summed E-state index contributed by atoms with van der Waals surface area (Å²) in [4.78, 5) is 25.9. The molecule has 2 saturated carbocycles. The highest BCUT2D eigenvalue weighted by molar-refractivity contribution is 6.05. The molecule has 0 bridgehead atoms. The van der Waals surface area contributed by atoms with Crippen molar-refractivity contribution in [3.8, 4) is 0 Å². The van der Waals surface area contributed by atoms with Crippen LogP contribution in [0.25, 0.3) is 0 Å². The zero-order valence-electron chi connectivity index (χ0n) is 11.4. The van der Waals surface area contributed by atoms with Crippen LogP contribution in [0.1, 0.15) is 44.9 Å². The highest BCUT2D eigenvalue weighted by Crippen LogP contribution is 2.30. The second-order valence-corrected chi connectivity index (χ2v) is 5.99. The molecular formula is C14H22N2O3. The number of rotatable bonds is 4. The molecule has 0 spiro atoms. The molecule has 1 aliphatic heterocycles. The van der Waals surface area contributed by atoms with Gasteiger partial charge in [-0.05, 0) is 25.7 Å². The highest BCUT2D eigenvalue weighted by atomic mass is 16.5. The number of hydrogen-bond donors (Lipinski definition) is 1. The largest absolute Gasteiger partial charge is 0.381 e. The van der Waals surface area contributed by atoms with Crippen LogP contribution in [0.3, 0.4) is 0 Å². The number of carbonyl (C=O) groups excluding carboxylic acids is 2. The average Bonchev–Trinajstić information content (AvgIpc) is 2.92. The Hall–Kier alpha value is -0.940. The van der Waals surface area contributed by atoms with Crippen LogP contribution in [0.4, 0.5) is 0 Å². The second kappa shape index (κ2) is 5.21. The molecule has 2 amide bonds. The van der Waals surface area contributed by atoms with Gasteiger partial charge < -0.3 is 10.1 Å². The van der Waals surface area contributed by atoms with Crippen molar-refractivity contribution < 1.29 is 14.3 Å². The summed E-state index contributed by atoms with van der Waals surface area (Å²) in [6, 6.07) is 0.200. The minimum atomic E-state index is -0.295. The zero-order chi connectivity index (χ0) is 13.4. The second-order valence-electron chi connectivity index (χ2n) is 5.99. The molecule has 0 radical (unpaired) electrons. The lowest BCUT2D eigenvalue weighted by Crippen LogP contribution is -2.52. The van der Waals surface area contributed by atoms with Gasteiger partial charge in [0, 0.05) is 19.2 Å². The van der Waals surface area contributed by atoms with E-state index in [1.54, 1.807) is 7.11 Å². The first-order valence-corrected chi connectivity index (χ1v) is 7.33. The normalized spacial score (nSPS) is 36.1. The van der Waals surface area contributed by atoms with E-state index in [1.165, 1.54) is 4.90 Å². The van der Waals surface area contributed by atoms with E-state index in [0.717, 1.165) is 38.5 Å². The van der Waals surface area contributed by atoms with Gasteiger partial charge >= 0.3 is 0 Å². The lowest BCUT2D eigenvalue weighted by molar-refractivity contribution is -0.141. The van der Waals surface area contributed by atoms with E-state index in [0.29, 0.717) is 18.6 Å². The van der Waals surface area contributed by atoms with Gasteiger partial charge in [-0.2, -0.15) is 0 Å². The van der Waals surface area contributed by atoms with Crippen molar-refractivity contribution in [3.63, 3.8) is 0 Å². The number of amides is 2. The number of carbonyl (C=O) groups is 2. The van der Waals surface area contributed by atoms with Gasteiger partial charge in [-0.1, -0.05) is 12.8 Å². The Morgan fingerprint density at radius 3 is 2.53 bits per heavy atom. The van der Waals surface area contributed by atoms with Crippen LogP contribution in [-0.4, -0.2) is 48.1 Å². The van der Waals surface area contributed by atoms with Crippen molar-refractivity contribution in [2.45, 2.75) is 69.2 Å². The maximum Gasteiger partial charge on any atom is 0.247 e. The standard InChI is InChI=1S/C14H22N2O3/c1-19-11-6-9(7-11)15-12-8-13(17)16(14(12)18)10-4-2-3-5-10/h9-12,15H,2-8H2,1H3. The Balaban J connectivity index is 1.56. The molecule has 1 saturated heterocycles. The van der Waals surface area contributed by atoms with Gasteiger partial charge in [0.1, 0.15) is 0 Å². The van der Waals surface area contributed by atoms with Gasteiger partial charge in [0.25, 0.3) is 0 Å². The quantitative estimate of drug-likeness (QED) is 0.766. The van der Waals surface area contributed by atoms with Crippen molar-refractivity contribution in [2.75, 3.05) is 7.11 Å². The van der Waals surface area contributed by atoms with E-state index >= 15 is 0 Å². The van der Waals surface area contributed by atoms with Crippen molar-refractivity contribution in [1.82, 2.24) is 10.2 Å². The fraction of sp³-hybridized carbons (Fsp3) is 0.857. The first kappa shape index (κ1) is 13.1. The molecule has 0 aromatic carbocycles. The summed E-state index contributed by atoms with van der Waals surface area (Å²) in [6.07, 6.45) is 6.78. The van der Waals surface area contributed by atoms with E-state index in [1.807, 2.05) is 0 Å². The van der Waals surface area contributed by atoms with Gasteiger partial charge in [0.2, 0.25) is 11.8 Å². The fourth-order valence-corrected chi connectivity index (χ4v) is 3.51. The summed E-state index contributed by atoms with van der Waals surface area (Å²) in [5, 5.41) is 3.32. The van der Waals surface area contributed by atoms with Crippen LogP contribution in [0.5, 0.6) is 0 Å². The molecule has 5 nitrogen and oxygen atoms in total. The number of methoxy groups -OCH3 is 1. The molecule has 1 heterocycles. The van der Waals surface area contributed by atoms with Crippen LogP contribution >= 0.6 is 0 Å². The molecule has 3 fully saturated rings. The van der Waals surface area contributed by atoms with E-state index in [4.69, 9.17) is 4.74 Å². The van der Waals surface area contributed by atoms with Gasteiger partial charge in [-0.3, -0.25) is 14.5 Å². The first-order valence-electron chi connectivity index (χ1n) is 7.33. The summed E-state index contributed by atoms with van der Waals surface area (Å²) in [7, 11) is 1.72. The van der Waals surface area contributed by atoms with E-state index in [9.17, 15) is 9.59 Å². The number of nitrogens with one attached hydrogen (secondary N) is 1. The average molecular weight is 266 g/mol. The minimum absolute atomic E-state index is 0.00207. The van der Waals surface area contributed by atoms with Gasteiger partial charge in [0.05, 0.1) is 18.6 Å². The Bertz CT molecular complexity index is 373. The number of imide groups is 1. The molecular weight excluding hydrogens is 244 g/mol. The summed E-state index contributed by atoms with van der Waals surface area (Å²) in [5.74, 6) is 0.00906. The highest BCUT2D eigenvalue weighted by Gasteiger charge is 2.44. The molecule has 1 unspecified atom stereocenters. The third kappa shape index (κ3) is 2.41. The Labute approximate surface area is 113 Å². The molecule has 1 N–H and O–H groups in total. The lowest BCUT2D eigenvalue weighted by atomic mass is 9.88. The number of ether oxygens (including phenoxy) is 1. The summed E-state index contributed by atoms with van der Waals surface area (Å²) in [6.45, 7) is 0. The Kier molecular flexibility index (Phi) is 3.58.